The van der Waals surface area contributed by atoms with Gasteiger partial charge in [-0.05, 0) is 25.8 Å². The van der Waals surface area contributed by atoms with E-state index in [0.29, 0.717) is 6.04 Å². The molecule has 2 heterocycles. The summed E-state index contributed by atoms with van der Waals surface area (Å²) in [7, 11) is 0. The first-order valence-corrected chi connectivity index (χ1v) is 5.94. The molecule has 17 heavy (non-hydrogen) atoms. The Bertz CT molecular complexity index is 544. The number of aliphatic hydroxyl groups excluding tert-OH is 1. The van der Waals surface area contributed by atoms with Crippen LogP contribution < -0.4 is 5.73 Å². The Morgan fingerprint density at radius 1 is 1.53 bits per heavy atom. The van der Waals surface area contributed by atoms with Gasteiger partial charge in [0.15, 0.2) is 0 Å². The van der Waals surface area contributed by atoms with Gasteiger partial charge in [0.05, 0.1) is 23.9 Å². The van der Waals surface area contributed by atoms with Crippen molar-refractivity contribution in [2.24, 2.45) is 5.73 Å². The van der Waals surface area contributed by atoms with Crippen LogP contribution in [0.4, 0.5) is 0 Å². The van der Waals surface area contributed by atoms with Crippen LogP contribution in [0.25, 0.3) is 11.0 Å². The van der Waals surface area contributed by atoms with Crippen LogP contribution in [0, 0.1) is 0 Å². The van der Waals surface area contributed by atoms with Crippen LogP contribution in [-0.4, -0.2) is 25.7 Å². The standard InChI is InChI=1S/C12H16N4O/c1-7(17)11(13)12-15-9-6-14-5-4-10(9)16(12)8-2-3-8/h4-8,11,17H,2-3,13H2,1H3. The Balaban J connectivity index is 2.19. The van der Waals surface area contributed by atoms with E-state index in [-0.39, 0.29) is 0 Å². The minimum atomic E-state index is -0.600. The Kier molecular flexibility index (Phi) is 2.38. The molecule has 0 aliphatic heterocycles. The van der Waals surface area contributed by atoms with Gasteiger partial charge in [-0.25, -0.2) is 4.98 Å². The molecule has 2 aromatic heterocycles. The lowest BCUT2D eigenvalue weighted by atomic mass is 10.2. The molecule has 1 aliphatic rings. The third-order valence-corrected chi connectivity index (χ3v) is 3.25. The molecular formula is C12H16N4O. The van der Waals surface area contributed by atoms with Gasteiger partial charge in [-0.2, -0.15) is 0 Å². The number of fused-ring (bicyclic) bond motifs is 1. The molecule has 0 aromatic carbocycles. The zero-order valence-electron chi connectivity index (χ0n) is 9.74. The Morgan fingerprint density at radius 3 is 2.94 bits per heavy atom. The molecule has 0 radical (unpaired) electrons. The van der Waals surface area contributed by atoms with Crippen LogP contribution >= 0.6 is 0 Å². The van der Waals surface area contributed by atoms with Crippen molar-refractivity contribution in [2.75, 3.05) is 0 Å². The molecule has 1 saturated carbocycles. The van der Waals surface area contributed by atoms with Crippen LogP contribution in [0.5, 0.6) is 0 Å². The quantitative estimate of drug-likeness (QED) is 0.832. The molecule has 0 bridgehead atoms. The summed E-state index contributed by atoms with van der Waals surface area (Å²) in [6.07, 6.45) is 5.23. The fraction of sp³-hybridized carbons (Fsp3) is 0.500. The second-order valence-corrected chi connectivity index (χ2v) is 4.70. The molecule has 3 rings (SSSR count). The monoisotopic (exact) mass is 232 g/mol. The van der Waals surface area contributed by atoms with Gasteiger partial charge < -0.3 is 15.4 Å². The summed E-state index contributed by atoms with van der Waals surface area (Å²) in [5.41, 5.74) is 7.93. The SMILES string of the molecule is CC(O)C(N)c1nc2cnccc2n1C1CC1. The third kappa shape index (κ3) is 1.71. The first-order chi connectivity index (χ1) is 8.18. The average Bonchev–Trinajstić information content (AvgIpc) is 3.08. The highest BCUT2D eigenvalue weighted by Crippen LogP contribution is 2.39. The molecule has 0 spiro atoms. The van der Waals surface area contributed by atoms with Crippen LogP contribution in [0.3, 0.4) is 0 Å². The molecule has 2 atom stereocenters. The van der Waals surface area contributed by atoms with Gasteiger partial charge >= 0.3 is 0 Å². The second-order valence-electron chi connectivity index (χ2n) is 4.70. The zero-order valence-corrected chi connectivity index (χ0v) is 9.74. The van der Waals surface area contributed by atoms with Gasteiger partial charge in [-0.3, -0.25) is 4.98 Å². The number of aromatic nitrogens is 3. The lowest BCUT2D eigenvalue weighted by molar-refractivity contribution is 0.159. The van der Waals surface area contributed by atoms with Crippen LogP contribution in [-0.2, 0) is 0 Å². The van der Waals surface area contributed by atoms with Gasteiger partial charge in [-0.15, -0.1) is 0 Å². The smallest absolute Gasteiger partial charge is 0.129 e. The second kappa shape index (κ2) is 3.78. The van der Waals surface area contributed by atoms with Gasteiger partial charge in [0, 0.05) is 12.2 Å². The number of hydrogen-bond acceptors (Lipinski definition) is 4. The summed E-state index contributed by atoms with van der Waals surface area (Å²) in [5.74, 6) is 0.769. The third-order valence-electron chi connectivity index (χ3n) is 3.25. The molecule has 90 valence electrons. The highest BCUT2D eigenvalue weighted by molar-refractivity contribution is 5.75. The minimum absolute atomic E-state index is 0.442. The predicted octanol–water partition coefficient (Wildman–Crippen LogP) is 1.15. The Morgan fingerprint density at radius 2 is 2.29 bits per heavy atom. The number of nitrogens with zero attached hydrogens (tertiary/aromatic N) is 3. The zero-order chi connectivity index (χ0) is 12.0. The topological polar surface area (TPSA) is 77.0 Å². The Hall–Kier alpha value is -1.46. The number of nitrogens with two attached hydrogens (primary N) is 1. The molecule has 3 N–H and O–H groups in total. The summed E-state index contributed by atoms with van der Waals surface area (Å²) in [6.45, 7) is 1.69. The number of aliphatic hydroxyl groups is 1. The minimum Gasteiger partial charge on any atom is -0.391 e. The van der Waals surface area contributed by atoms with E-state index < -0.39 is 12.1 Å². The van der Waals surface area contributed by atoms with E-state index in [0.717, 1.165) is 29.7 Å². The molecule has 0 saturated heterocycles. The molecule has 2 unspecified atom stereocenters. The van der Waals surface area contributed by atoms with Crippen molar-refractivity contribution >= 4 is 11.0 Å². The van der Waals surface area contributed by atoms with E-state index >= 15 is 0 Å². The summed E-state index contributed by atoms with van der Waals surface area (Å²) in [5, 5.41) is 9.63. The molecule has 5 heteroatoms. The van der Waals surface area contributed by atoms with Crippen molar-refractivity contribution in [3.8, 4) is 0 Å². The van der Waals surface area contributed by atoms with Crippen molar-refractivity contribution in [3.05, 3.63) is 24.3 Å². The Labute approximate surface area is 99.3 Å². The first kappa shape index (κ1) is 10.7. The summed E-state index contributed by atoms with van der Waals surface area (Å²) in [4.78, 5) is 8.58. The van der Waals surface area contributed by atoms with Gasteiger partial charge in [0.2, 0.25) is 0 Å². The fourth-order valence-electron chi connectivity index (χ4n) is 2.14. The average molecular weight is 232 g/mol. The highest BCUT2D eigenvalue weighted by atomic mass is 16.3. The maximum absolute atomic E-state index is 9.63. The van der Waals surface area contributed by atoms with E-state index in [2.05, 4.69) is 14.5 Å². The predicted molar refractivity (Wildman–Crippen MR) is 64.4 cm³/mol. The molecule has 2 aromatic rings. The molecule has 1 aliphatic carbocycles. The lowest BCUT2D eigenvalue weighted by Crippen LogP contribution is -2.26. The summed E-state index contributed by atoms with van der Waals surface area (Å²) < 4.78 is 2.16. The van der Waals surface area contributed by atoms with Gasteiger partial charge in [0.25, 0.3) is 0 Å². The first-order valence-electron chi connectivity index (χ1n) is 5.94. The van der Waals surface area contributed by atoms with Crippen molar-refractivity contribution in [1.29, 1.82) is 0 Å². The lowest BCUT2D eigenvalue weighted by Gasteiger charge is -2.16. The van der Waals surface area contributed by atoms with E-state index in [1.54, 1.807) is 19.3 Å². The van der Waals surface area contributed by atoms with Crippen LogP contribution in [0.1, 0.15) is 37.7 Å². The largest absolute Gasteiger partial charge is 0.391 e. The van der Waals surface area contributed by atoms with Crippen molar-refractivity contribution < 1.29 is 5.11 Å². The maximum atomic E-state index is 9.63. The van der Waals surface area contributed by atoms with Crippen molar-refractivity contribution in [2.45, 2.75) is 38.0 Å². The normalized spacial score (nSPS) is 19.5. The number of rotatable bonds is 3. The van der Waals surface area contributed by atoms with Crippen LogP contribution in [0.15, 0.2) is 18.5 Å². The van der Waals surface area contributed by atoms with Gasteiger partial charge in [-0.1, -0.05) is 0 Å². The molecular weight excluding hydrogens is 216 g/mol. The maximum Gasteiger partial charge on any atom is 0.129 e. The van der Waals surface area contributed by atoms with E-state index in [9.17, 15) is 5.11 Å². The number of pyridine rings is 1. The molecule has 1 fully saturated rings. The van der Waals surface area contributed by atoms with Crippen LogP contribution in [0.2, 0.25) is 0 Å². The van der Waals surface area contributed by atoms with E-state index in [1.807, 2.05) is 6.07 Å². The summed E-state index contributed by atoms with van der Waals surface area (Å²) >= 11 is 0. The van der Waals surface area contributed by atoms with Crippen molar-refractivity contribution in [3.63, 3.8) is 0 Å². The van der Waals surface area contributed by atoms with Gasteiger partial charge in [0.1, 0.15) is 11.3 Å². The summed E-state index contributed by atoms with van der Waals surface area (Å²) in [6, 6.07) is 2.00. The highest BCUT2D eigenvalue weighted by Gasteiger charge is 2.31. The van der Waals surface area contributed by atoms with Crippen molar-refractivity contribution in [1.82, 2.24) is 14.5 Å². The number of imidazole rings is 1. The molecule has 5 nitrogen and oxygen atoms in total. The fourth-order valence-corrected chi connectivity index (χ4v) is 2.14. The molecule has 0 amide bonds. The number of hydrogen-bond donors (Lipinski definition) is 2. The van der Waals surface area contributed by atoms with E-state index in [1.165, 1.54) is 0 Å². The van der Waals surface area contributed by atoms with E-state index in [4.69, 9.17) is 5.73 Å².